The summed E-state index contributed by atoms with van der Waals surface area (Å²) in [5.41, 5.74) is 2.48. The van der Waals surface area contributed by atoms with Crippen LogP contribution in [0, 0.1) is 0 Å². The van der Waals surface area contributed by atoms with E-state index in [1.165, 1.54) is 0 Å². The predicted molar refractivity (Wildman–Crippen MR) is 83.8 cm³/mol. The van der Waals surface area contributed by atoms with Crippen molar-refractivity contribution in [2.75, 3.05) is 19.1 Å². The van der Waals surface area contributed by atoms with Crippen LogP contribution < -0.4 is 9.64 Å². The Labute approximate surface area is 125 Å². The fraction of sp³-hybridized carbons (Fsp3) is 0.294. The third kappa shape index (κ3) is 3.47. The summed E-state index contributed by atoms with van der Waals surface area (Å²) in [5.74, 6) is 0.948. The normalized spacial score (nSPS) is 12.0. The molecule has 2 N–H and O–H groups in total. The van der Waals surface area contributed by atoms with Gasteiger partial charge in [-0.05, 0) is 19.1 Å². The molecule has 4 nitrogen and oxygen atoms in total. The smallest absolute Gasteiger partial charge is 0.123 e. The summed E-state index contributed by atoms with van der Waals surface area (Å²) < 4.78 is 5.35. The van der Waals surface area contributed by atoms with Gasteiger partial charge in [0, 0.05) is 36.5 Å². The van der Waals surface area contributed by atoms with Crippen LogP contribution in [0.15, 0.2) is 42.5 Å². The van der Waals surface area contributed by atoms with E-state index in [-0.39, 0.29) is 5.75 Å². The van der Waals surface area contributed by atoms with Crippen molar-refractivity contribution in [1.29, 1.82) is 0 Å². The monoisotopic (exact) mass is 287 g/mol. The van der Waals surface area contributed by atoms with Crippen LogP contribution in [0.5, 0.6) is 11.5 Å². The van der Waals surface area contributed by atoms with Gasteiger partial charge in [0.25, 0.3) is 0 Å². The maximum absolute atomic E-state index is 9.97. The lowest BCUT2D eigenvalue weighted by atomic mass is 10.1. The molecule has 4 heteroatoms. The van der Waals surface area contributed by atoms with E-state index >= 15 is 0 Å². The molecule has 2 rings (SSSR count). The predicted octanol–water partition coefficient (Wildman–Crippen LogP) is 3.09. The summed E-state index contributed by atoms with van der Waals surface area (Å²) >= 11 is 0. The zero-order valence-electron chi connectivity index (χ0n) is 12.6. The quantitative estimate of drug-likeness (QED) is 0.887. The van der Waals surface area contributed by atoms with Crippen LogP contribution in [-0.4, -0.2) is 24.4 Å². The fourth-order valence-corrected chi connectivity index (χ4v) is 2.30. The van der Waals surface area contributed by atoms with Crippen LogP contribution >= 0.6 is 0 Å². The van der Waals surface area contributed by atoms with Crippen molar-refractivity contribution in [2.45, 2.75) is 19.6 Å². The summed E-state index contributed by atoms with van der Waals surface area (Å²) in [7, 11) is 3.60. The van der Waals surface area contributed by atoms with Gasteiger partial charge in [-0.15, -0.1) is 0 Å². The fourth-order valence-electron chi connectivity index (χ4n) is 2.30. The highest BCUT2D eigenvalue weighted by Crippen LogP contribution is 2.30. The topological polar surface area (TPSA) is 52.9 Å². The van der Waals surface area contributed by atoms with E-state index in [0.717, 1.165) is 17.0 Å². The molecule has 0 aromatic heterocycles. The summed E-state index contributed by atoms with van der Waals surface area (Å²) in [6.07, 6.45) is -0.682. The summed E-state index contributed by atoms with van der Waals surface area (Å²) in [4.78, 5) is 2.02. The molecular formula is C17H21NO3. The molecule has 0 saturated carbocycles. The second-order valence-corrected chi connectivity index (χ2v) is 5.09. The van der Waals surface area contributed by atoms with Gasteiger partial charge in [0.15, 0.2) is 0 Å². The van der Waals surface area contributed by atoms with Crippen molar-refractivity contribution < 1.29 is 14.9 Å². The van der Waals surface area contributed by atoms with Crippen molar-refractivity contribution in [3.05, 3.63) is 53.6 Å². The van der Waals surface area contributed by atoms with Gasteiger partial charge in [0.05, 0.1) is 13.2 Å². The molecule has 0 aliphatic heterocycles. The standard InChI is InChI=1S/C17H21NO3/c1-12(19)15-9-8-14(10-16(15)20)18(2)11-13-6-4-5-7-17(13)21-3/h4-10,12,19-20H,11H2,1-3H3. The van der Waals surface area contributed by atoms with E-state index in [1.54, 1.807) is 26.2 Å². The first-order valence-corrected chi connectivity index (χ1v) is 6.87. The van der Waals surface area contributed by atoms with Gasteiger partial charge in [0.1, 0.15) is 11.5 Å². The second kappa shape index (κ2) is 6.50. The minimum absolute atomic E-state index is 0.106. The molecule has 2 aromatic rings. The van der Waals surface area contributed by atoms with Gasteiger partial charge >= 0.3 is 0 Å². The molecule has 0 radical (unpaired) electrons. The zero-order valence-corrected chi connectivity index (χ0v) is 12.6. The van der Waals surface area contributed by atoms with Crippen LogP contribution in [-0.2, 0) is 6.54 Å². The molecule has 0 heterocycles. The van der Waals surface area contributed by atoms with Crippen molar-refractivity contribution in [3.63, 3.8) is 0 Å². The SMILES string of the molecule is COc1ccccc1CN(C)c1ccc(C(C)O)c(O)c1. The Morgan fingerprint density at radius 3 is 2.52 bits per heavy atom. The molecule has 0 aliphatic rings. The Hall–Kier alpha value is -2.20. The van der Waals surface area contributed by atoms with E-state index in [9.17, 15) is 10.2 Å². The van der Waals surface area contributed by atoms with Crippen LogP contribution in [0.25, 0.3) is 0 Å². The molecule has 21 heavy (non-hydrogen) atoms. The lowest BCUT2D eigenvalue weighted by Gasteiger charge is -2.22. The van der Waals surface area contributed by atoms with Gasteiger partial charge in [0.2, 0.25) is 0 Å². The maximum Gasteiger partial charge on any atom is 0.123 e. The number of aliphatic hydroxyl groups excluding tert-OH is 1. The zero-order chi connectivity index (χ0) is 15.4. The summed E-state index contributed by atoms with van der Waals surface area (Å²) in [6, 6.07) is 13.1. The van der Waals surface area contributed by atoms with E-state index in [0.29, 0.717) is 12.1 Å². The van der Waals surface area contributed by atoms with Crippen molar-refractivity contribution in [2.24, 2.45) is 0 Å². The van der Waals surface area contributed by atoms with Crippen LogP contribution in [0.3, 0.4) is 0 Å². The Kier molecular flexibility index (Phi) is 4.70. The molecule has 0 fully saturated rings. The first-order valence-electron chi connectivity index (χ1n) is 6.87. The highest BCUT2D eigenvalue weighted by atomic mass is 16.5. The highest BCUT2D eigenvalue weighted by molar-refractivity contribution is 5.54. The number of hydrogen-bond acceptors (Lipinski definition) is 4. The Balaban J connectivity index is 2.20. The van der Waals surface area contributed by atoms with Crippen LogP contribution in [0.4, 0.5) is 5.69 Å². The van der Waals surface area contributed by atoms with Gasteiger partial charge in [-0.2, -0.15) is 0 Å². The Morgan fingerprint density at radius 2 is 1.90 bits per heavy atom. The first-order chi connectivity index (χ1) is 10.0. The van der Waals surface area contributed by atoms with Gasteiger partial charge < -0.3 is 19.8 Å². The molecule has 0 bridgehead atoms. The molecule has 2 aromatic carbocycles. The number of nitrogens with zero attached hydrogens (tertiary/aromatic N) is 1. The Bertz CT molecular complexity index is 611. The number of rotatable bonds is 5. The average molecular weight is 287 g/mol. The molecule has 112 valence electrons. The van der Waals surface area contributed by atoms with E-state index in [2.05, 4.69) is 0 Å². The molecule has 0 saturated heterocycles. The molecular weight excluding hydrogens is 266 g/mol. The minimum Gasteiger partial charge on any atom is -0.507 e. The van der Waals surface area contributed by atoms with E-state index in [1.807, 2.05) is 42.3 Å². The van der Waals surface area contributed by atoms with Gasteiger partial charge in [-0.25, -0.2) is 0 Å². The lowest BCUT2D eigenvalue weighted by molar-refractivity contribution is 0.195. The molecule has 0 aliphatic carbocycles. The minimum atomic E-state index is -0.682. The third-order valence-electron chi connectivity index (χ3n) is 3.50. The number of hydrogen-bond donors (Lipinski definition) is 2. The van der Waals surface area contributed by atoms with Crippen molar-refractivity contribution >= 4 is 5.69 Å². The average Bonchev–Trinajstić information content (AvgIpc) is 2.47. The molecule has 0 spiro atoms. The summed E-state index contributed by atoms with van der Waals surface area (Å²) in [6.45, 7) is 2.30. The van der Waals surface area contributed by atoms with Crippen LogP contribution in [0.1, 0.15) is 24.2 Å². The molecule has 1 unspecified atom stereocenters. The van der Waals surface area contributed by atoms with Gasteiger partial charge in [-0.1, -0.05) is 24.3 Å². The lowest BCUT2D eigenvalue weighted by Crippen LogP contribution is -2.17. The van der Waals surface area contributed by atoms with Crippen LogP contribution in [0.2, 0.25) is 0 Å². The number of ether oxygens (including phenoxy) is 1. The number of benzene rings is 2. The molecule has 0 amide bonds. The number of anilines is 1. The van der Waals surface area contributed by atoms with Crippen molar-refractivity contribution in [1.82, 2.24) is 0 Å². The number of para-hydroxylation sites is 1. The largest absolute Gasteiger partial charge is 0.507 e. The highest BCUT2D eigenvalue weighted by Gasteiger charge is 2.11. The Morgan fingerprint density at radius 1 is 1.19 bits per heavy atom. The summed E-state index contributed by atoms with van der Waals surface area (Å²) in [5, 5.41) is 19.5. The number of aromatic hydroxyl groups is 1. The van der Waals surface area contributed by atoms with Crippen molar-refractivity contribution in [3.8, 4) is 11.5 Å². The maximum atomic E-state index is 9.97. The third-order valence-corrected chi connectivity index (χ3v) is 3.50. The van der Waals surface area contributed by atoms with Gasteiger partial charge in [-0.3, -0.25) is 0 Å². The second-order valence-electron chi connectivity index (χ2n) is 5.09. The number of methoxy groups -OCH3 is 1. The molecule has 1 atom stereocenters. The number of phenols is 1. The number of aliphatic hydroxyl groups is 1. The number of phenolic OH excluding ortho intramolecular Hbond substituents is 1. The first kappa shape index (κ1) is 15.2. The van der Waals surface area contributed by atoms with E-state index in [4.69, 9.17) is 4.74 Å². The van der Waals surface area contributed by atoms with E-state index < -0.39 is 6.10 Å².